The van der Waals surface area contributed by atoms with Crippen LogP contribution in [0.15, 0.2) is 12.3 Å². The maximum atomic E-state index is 12.1. The number of carbonyl (C=O) groups is 1. The van der Waals surface area contributed by atoms with Gasteiger partial charge in [-0.05, 0) is 13.0 Å². The van der Waals surface area contributed by atoms with E-state index in [9.17, 15) is 4.79 Å². The van der Waals surface area contributed by atoms with E-state index < -0.39 is 0 Å². The highest BCUT2D eigenvalue weighted by Gasteiger charge is 2.11. The van der Waals surface area contributed by atoms with Crippen LogP contribution in [-0.4, -0.2) is 54.0 Å². The van der Waals surface area contributed by atoms with E-state index in [-0.39, 0.29) is 30.7 Å². The number of amides is 1. The first-order valence-electron chi connectivity index (χ1n) is 6.90. The highest BCUT2D eigenvalue weighted by Crippen LogP contribution is 2.16. The van der Waals surface area contributed by atoms with Crippen molar-refractivity contribution in [1.29, 1.82) is 0 Å². The molecule has 0 bridgehead atoms. The molecule has 9 heteroatoms. The highest BCUT2D eigenvalue weighted by atomic mass is 35.5. The number of pyridine rings is 1. The summed E-state index contributed by atoms with van der Waals surface area (Å²) in [5, 5.41) is 11.2. The smallest absolute Gasteiger partial charge is 0.252 e. The molecule has 7 nitrogen and oxygen atoms in total. The Hall–Kier alpha value is -1.41. The minimum Gasteiger partial charge on any atom is -0.383 e. The number of halogens is 2. The Morgan fingerprint density at radius 2 is 2.04 bits per heavy atom. The Labute approximate surface area is 148 Å². The zero-order valence-corrected chi connectivity index (χ0v) is 15.1. The molecule has 2 N–H and O–H groups in total. The van der Waals surface area contributed by atoms with Gasteiger partial charge in [0.2, 0.25) is 0 Å². The Morgan fingerprint density at radius 1 is 1.30 bits per heavy atom. The van der Waals surface area contributed by atoms with Crippen LogP contribution >= 0.6 is 24.8 Å². The molecule has 0 unspecified atom stereocenters. The monoisotopic (exact) mass is 363 g/mol. The van der Waals surface area contributed by atoms with Gasteiger partial charge in [0.25, 0.3) is 5.91 Å². The molecule has 2 rings (SSSR count). The molecule has 130 valence electrons. The second kappa shape index (κ2) is 10.4. The average Bonchev–Trinajstić information content (AvgIpc) is 2.77. The van der Waals surface area contributed by atoms with E-state index in [4.69, 9.17) is 4.74 Å². The number of hydrogen-bond acceptors (Lipinski definition) is 5. The van der Waals surface area contributed by atoms with Crippen LogP contribution < -0.4 is 10.6 Å². The van der Waals surface area contributed by atoms with Crippen LogP contribution in [0.4, 0.5) is 0 Å². The van der Waals surface area contributed by atoms with Crippen LogP contribution in [-0.2, 0) is 11.8 Å². The molecule has 0 aliphatic rings. The summed E-state index contributed by atoms with van der Waals surface area (Å²) in [7, 11) is 3.50. The van der Waals surface area contributed by atoms with Gasteiger partial charge in [-0.3, -0.25) is 9.48 Å². The molecular formula is C14H23Cl2N5O2. The Kier molecular flexibility index (Phi) is 9.74. The summed E-state index contributed by atoms with van der Waals surface area (Å²) in [6, 6.07) is 1.83. The van der Waals surface area contributed by atoms with E-state index in [0.717, 1.165) is 23.3 Å². The largest absolute Gasteiger partial charge is 0.383 e. The SMILES string of the molecule is COCCNCCNC(=O)c1cnc2c(c1)c(C)nn2C.Cl.Cl. The molecule has 2 aromatic heterocycles. The maximum Gasteiger partial charge on any atom is 0.252 e. The number of nitrogens with one attached hydrogen (secondary N) is 2. The number of nitrogens with zero attached hydrogens (tertiary/aromatic N) is 3. The molecule has 0 aliphatic heterocycles. The first-order valence-corrected chi connectivity index (χ1v) is 6.90. The minimum absolute atomic E-state index is 0. The van der Waals surface area contributed by atoms with E-state index in [0.29, 0.717) is 25.3 Å². The topological polar surface area (TPSA) is 81.1 Å². The van der Waals surface area contributed by atoms with Gasteiger partial charge in [0.15, 0.2) is 5.65 Å². The molecule has 0 aromatic carbocycles. The zero-order valence-electron chi connectivity index (χ0n) is 13.5. The predicted molar refractivity (Wildman–Crippen MR) is 94.8 cm³/mol. The van der Waals surface area contributed by atoms with Gasteiger partial charge >= 0.3 is 0 Å². The molecule has 1 amide bonds. The lowest BCUT2D eigenvalue weighted by molar-refractivity contribution is 0.0953. The lowest BCUT2D eigenvalue weighted by Gasteiger charge is -2.06. The summed E-state index contributed by atoms with van der Waals surface area (Å²) in [4.78, 5) is 16.4. The number of aromatic nitrogens is 3. The van der Waals surface area contributed by atoms with Gasteiger partial charge in [-0.2, -0.15) is 5.10 Å². The normalized spacial score (nSPS) is 10.0. The van der Waals surface area contributed by atoms with Crippen LogP contribution in [0, 0.1) is 6.92 Å². The molecule has 0 atom stereocenters. The third-order valence-corrected chi connectivity index (χ3v) is 3.20. The van der Waals surface area contributed by atoms with Crippen molar-refractivity contribution in [1.82, 2.24) is 25.4 Å². The quantitative estimate of drug-likeness (QED) is 0.719. The second-order valence-corrected chi connectivity index (χ2v) is 4.80. The van der Waals surface area contributed by atoms with Crippen molar-refractivity contribution in [2.24, 2.45) is 7.05 Å². The molecule has 0 radical (unpaired) electrons. The summed E-state index contributed by atoms with van der Waals surface area (Å²) >= 11 is 0. The van der Waals surface area contributed by atoms with Gasteiger partial charge in [0.05, 0.1) is 17.9 Å². The first-order chi connectivity index (χ1) is 10.1. The van der Waals surface area contributed by atoms with Crippen molar-refractivity contribution in [2.75, 3.05) is 33.4 Å². The van der Waals surface area contributed by atoms with Crippen LogP contribution in [0.5, 0.6) is 0 Å². The van der Waals surface area contributed by atoms with Gasteiger partial charge in [0.1, 0.15) is 0 Å². The average molecular weight is 364 g/mol. The van der Waals surface area contributed by atoms with Gasteiger partial charge in [-0.15, -0.1) is 24.8 Å². The lowest BCUT2D eigenvalue weighted by atomic mass is 10.2. The van der Waals surface area contributed by atoms with Crippen LogP contribution in [0.1, 0.15) is 16.1 Å². The number of fused-ring (bicyclic) bond motifs is 1. The highest BCUT2D eigenvalue weighted by molar-refractivity contribution is 5.97. The second-order valence-electron chi connectivity index (χ2n) is 4.80. The lowest BCUT2D eigenvalue weighted by Crippen LogP contribution is -2.33. The molecule has 0 saturated carbocycles. The number of hydrogen-bond donors (Lipinski definition) is 2. The van der Waals surface area contributed by atoms with Crippen molar-refractivity contribution >= 4 is 41.8 Å². The van der Waals surface area contributed by atoms with Gasteiger partial charge in [0, 0.05) is 45.4 Å². The predicted octanol–water partition coefficient (Wildman–Crippen LogP) is 1.09. The van der Waals surface area contributed by atoms with E-state index in [1.54, 1.807) is 18.0 Å². The van der Waals surface area contributed by atoms with Crippen molar-refractivity contribution in [3.63, 3.8) is 0 Å². The number of carbonyl (C=O) groups excluding carboxylic acids is 1. The first kappa shape index (κ1) is 21.6. The Balaban J connectivity index is 0.00000242. The molecule has 0 fully saturated rings. The Morgan fingerprint density at radius 3 is 2.74 bits per heavy atom. The number of ether oxygens (including phenoxy) is 1. The van der Waals surface area contributed by atoms with Crippen LogP contribution in [0.2, 0.25) is 0 Å². The van der Waals surface area contributed by atoms with Crippen molar-refractivity contribution in [2.45, 2.75) is 6.92 Å². The summed E-state index contributed by atoms with van der Waals surface area (Å²) in [6.45, 7) is 4.61. The number of rotatable bonds is 7. The Bertz CT molecular complexity index is 633. The van der Waals surface area contributed by atoms with E-state index in [2.05, 4.69) is 20.7 Å². The van der Waals surface area contributed by atoms with E-state index >= 15 is 0 Å². The van der Waals surface area contributed by atoms with E-state index in [1.807, 2.05) is 20.0 Å². The zero-order chi connectivity index (χ0) is 15.2. The summed E-state index contributed by atoms with van der Waals surface area (Å²) in [5.74, 6) is -0.124. The summed E-state index contributed by atoms with van der Waals surface area (Å²) in [5.41, 5.74) is 2.21. The molecular weight excluding hydrogens is 341 g/mol. The minimum atomic E-state index is -0.124. The summed E-state index contributed by atoms with van der Waals surface area (Å²) < 4.78 is 6.64. The number of aryl methyl sites for hydroxylation is 2. The van der Waals surface area contributed by atoms with Crippen molar-refractivity contribution in [3.8, 4) is 0 Å². The molecule has 23 heavy (non-hydrogen) atoms. The van der Waals surface area contributed by atoms with Crippen molar-refractivity contribution in [3.05, 3.63) is 23.5 Å². The molecule has 0 aliphatic carbocycles. The van der Waals surface area contributed by atoms with Gasteiger partial charge in [-0.1, -0.05) is 0 Å². The van der Waals surface area contributed by atoms with Crippen LogP contribution in [0.25, 0.3) is 11.0 Å². The molecule has 0 saturated heterocycles. The molecule has 2 heterocycles. The van der Waals surface area contributed by atoms with Crippen LogP contribution in [0.3, 0.4) is 0 Å². The van der Waals surface area contributed by atoms with Gasteiger partial charge in [-0.25, -0.2) is 4.98 Å². The third-order valence-electron chi connectivity index (χ3n) is 3.20. The van der Waals surface area contributed by atoms with Gasteiger partial charge < -0.3 is 15.4 Å². The van der Waals surface area contributed by atoms with Crippen molar-refractivity contribution < 1.29 is 9.53 Å². The molecule has 2 aromatic rings. The maximum absolute atomic E-state index is 12.1. The number of methoxy groups -OCH3 is 1. The van der Waals surface area contributed by atoms with E-state index in [1.165, 1.54) is 0 Å². The third kappa shape index (κ3) is 5.62. The standard InChI is InChI=1S/C14H21N5O2.2ClH/c1-10-12-8-11(9-17-13(12)19(2)18-10)14(20)16-5-4-15-6-7-21-3;;/h8-9,15H,4-7H2,1-3H3,(H,16,20);2*1H. The summed E-state index contributed by atoms with van der Waals surface area (Å²) in [6.07, 6.45) is 1.58. The fraction of sp³-hybridized carbons (Fsp3) is 0.500. The molecule has 0 spiro atoms. The fourth-order valence-electron chi connectivity index (χ4n) is 2.10. The fourth-order valence-corrected chi connectivity index (χ4v) is 2.10.